The van der Waals surface area contributed by atoms with Crippen molar-refractivity contribution in [3.63, 3.8) is 0 Å². The summed E-state index contributed by atoms with van der Waals surface area (Å²) in [6.45, 7) is 9.43. The van der Waals surface area contributed by atoms with Gasteiger partial charge in [-0.05, 0) is 26.7 Å². The van der Waals surface area contributed by atoms with Crippen LogP contribution < -0.4 is 0 Å². The van der Waals surface area contributed by atoms with E-state index in [1.165, 1.54) is 18.4 Å². The molecule has 0 aromatic carbocycles. The second-order valence-corrected chi connectivity index (χ2v) is 9.18. The van der Waals surface area contributed by atoms with E-state index in [-0.39, 0.29) is 18.0 Å². The molecule has 2 atom stereocenters. The number of aliphatic hydroxyl groups is 1. The van der Waals surface area contributed by atoms with Gasteiger partial charge in [-0.25, -0.2) is 14.0 Å². The van der Waals surface area contributed by atoms with Crippen LogP contribution in [0.2, 0.25) is 0 Å². The number of hydrogen-bond acceptors (Lipinski definition) is 6. The SMILES string of the molecule is COC(=O)c1csc(C(O)CC(=NS(=O)C(C)(C)C)C(C)C)n1. The molecule has 1 N–H and O–H groups in total. The molecule has 1 aromatic rings. The summed E-state index contributed by atoms with van der Waals surface area (Å²) in [6, 6.07) is 0. The molecule has 1 heterocycles. The van der Waals surface area contributed by atoms with Gasteiger partial charge in [-0.1, -0.05) is 13.8 Å². The molecule has 0 amide bonds. The third kappa shape index (κ3) is 5.78. The molecular formula is C15H24N2O4S2. The quantitative estimate of drug-likeness (QED) is 0.622. The van der Waals surface area contributed by atoms with Gasteiger partial charge in [0.05, 0.1) is 11.9 Å². The van der Waals surface area contributed by atoms with Crippen molar-refractivity contribution in [1.29, 1.82) is 0 Å². The third-order valence-corrected chi connectivity index (χ3v) is 5.39. The van der Waals surface area contributed by atoms with E-state index in [0.717, 1.165) is 0 Å². The summed E-state index contributed by atoms with van der Waals surface area (Å²) < 4.78 is 20.6. The van der Waals surface area contributed by atoms with Crippen LogP contribution in [0.4, 0.5) is 0 Å². The number of esters is 1. The van der Waals surface area contributed by atoms with Crippen molar-refractivity contribution in [1.82, 2.24) is 4.98 Å². The average Bonchev–Trinajstić information content (AvgIpc) is 2.94. The number of rotatable bonds is 6. The Balaban J connectivity index is 2.92. The van der Waals surface area contributed by atoms with Gasteiger partial charge in [0, 0.05) is 17.5 Å². The van der Waals surface area contributed by atoms with Crippen LogP contribution in [0.15, 0.2) is 9.78 Å². The molecule has 0 aliphatic heterocycles. The molecule has 0 radical (unpaired) electrons. The predicted molar refractivity (Wildman–Crippen MR) is 93.2 cm³/mol. The Morgan fingerprint density at radius 2 is 2.09 bits per heavy atom. The molecule has 130 valence electrons. The number of nitrogens with zero attached hydrogens (tertiary/aromatic N) is 2. The van der Waals surface area contributed by atoms with Crippen LogP contribution in [0.3, 0.4) is 0 Å². The first-order valence-electron chi connectivity index (χ1n) is 7.27. The van der Waals surface area contributed by atoms with Crippen LogP contribution in [0.1, 0.15) is 62.6 Å². The molecule has 2 unspecified atom stereocenters. The van der Waals surface area contributed by atoms with Crippen molar-refractivity contribution in [2.75, 3.05) is 7.11 Å². The molecule has 0 saturated carbocycles. The lowest BCUT2D eigenvalue weighted by Crippen LogP contribution is -2.23. The fourth-order valence-electron chi connectivity index (χ4n) is 1.55. The van der Waals surface area contributed by atoms with Gasteiger partial charge in [-0.3, -0.25) is 0 Å². The smallest absolute Gasteiger partial charge is 0.357 e. The molecule has 0 aliphatic carbocycles. The van der Waals surface area contributed by atoms with Crippen LogP contribution in [0.5, 0.6) is 0 Å². The van der Waals surface area contributed by atoms with Gasteiger partial charge in [0.25, 0.3) is 0 Å². The maximum Gasteiger partial charge on any atom is 0.357 e. The Bertz CT molecular complexity index is 603. The predicted octanol–water partition coefficient (Wildman–Crippen LogP) is 2.91. The van der Waals surface area contributed by atoms with Gasteiger partial charge in [-0.2, -0.15) is 4.40 Å². The summed E-state index contributed by atoms with van der Waals surface area (Å²) in [6.07, 6.45) is -0.662. The van der Waals surface area contributed by atoms with Crippen molar-refractivity contribution in [2.45, 2.75) is 51.9 Å². The zero-order valence-electron chi connectivity index (χ0n) is 14.3. The highest BCUT2D eigenvalue weighted by molar-refractivity contribution is 7.85. The van der Waals surface area contributed by atoms with Crippen LogP contribution >= 0.6 is 11.3 Å². The third-order valence-electron chi connectivity index (χ3n) is 2.99. The summed E-state index contributed by atoms with van der Waals surface area (Å²) in [7, 11) is -0.0977. The van der Waals surface area contributed by atoms with E-state index < -0.39 is 27.8 Å². The van der Waals surface area contributed by atoms with Crippen molar-refractivity contribution in [3.8, 4) is 0 Å². The zero-order chi connectivity index (χ0) is 17.8. The Hall–Kier alpha value is -1.12. The maximum absolute atomic E-state index is 12.2. The Morgan fingerprint density at radius 1 is 1.48 bits per heavy atom. The summed E-state index contributed by atoms with van der Waals surface area (Å²) >= 11 is 1.19. The lowest BCUT2D eigenvalue weighted by Gasteiger charge is -2.18. The number of hydrogen-bond donors (Lipinski definition) is 1. The first-order chi connectivity index (χ1) is 10.6. The summed E-state index contributed by atoms with van der Waals surface area (Å²) in [5.41, 5.74) is 0.841. The van der Waals surface area contributed by atoms with E-state index in [0.29, 0.717) is 10.7 Å². The van der Waals surface area contributed by atoms with E-state index in [4.69, 9.17) is 0 Å². The minimum atomic E-state index is -1.38. The van der Waals surface area contributed by atoms with Gasteiger partial charge in [0.1, 0.15) is 22.1 Å². The molecule has 1 aromatic heterocycles. The standard InChI is InChI=1S/C15H24N2O4S2/c1-9(2)10(17-23(20)15(3,4)5)7-12(18)13-16-11(8-22-13)14(19)21-6/h8-9,12,18H,7H2,1-6H3. The van der Waals surface area contributed by atoms with Gasteiger partial charge in [-0.15, -0.1) is 11.3 Å². The number of methoxy groups -OCH3 is 1. The number of ether oxygens (including phenoxy) is 1. The van der Waals surface area contributed by atoms with E-state index in [2.05, 4.69) is 14.1 Å². The Kier molecular flexibility index (Phi) is 7.03. The number of carbonyl (C=O) groups is 1. The molecule has 0 aliphatic rings. The summed E-state index contributed by atoms with van der Waals surface area (Å²) in [5.74, 6) is -0.484. The van der Waals surface area contributed by atoms with Gasteiger partial charge in [0.15, 0.2) is 5.69 Å². The second kappa shape index (κ2) is 8.12. The fourth-order valence-corrected chi connectivity index (χ4v) is 3.09. The topological polar surface area (TPSA) is 88.9 Å². The van der Waals surface area contributed by atoms with Gasteiger partial charge >= 0.3 is 5.97 Å². The normalized spacial score (nSPS) is 15.6. The second-order valence-electron chi connectivity index (χ2n) is 6.38. The van der Waals surface area contributed by atoms with Crippen molar-refractivity contribution >= 4 is 34.0 Å². The average molecular weight is 361 g/mol. The Morgan fingerprint density at radius 3 is 2.57 bits per heavy atom. The molecule has 0 saturated heterocycles. The monoisotopic (exact) mass is 360 g/mol. The molecule has 6 nitrogen and oxygen atoms in total. The van der Waals surface area contributed by atoms with Crippen LogP contribution in [-0.2, 0) is 15.7 Å². The molecular weight excluding hydrogens is 336 g/mol. The Labute approximate surface area is 143 Å². The minimum Gasteiger partial charge on any atom is -0.464 e. The first-order valence-corrected chi connectivity index (χ1v) is 9.26. The van der Waals surface area contributed by atoms with Crippen LogP contribution in [0, 0.1) is 5.92 Å². The van der Waals surface area contributed by atoms with Crippen molar-refractivity contribution in [3.05, 3.63) is 16.1 Å². The maximum atomic E-state index is 12.2. The number of aliphatic hydroxyl groups excluding tert-OH is 1. The summed E-state index contributed by atoms with van der Waals surface area (Å²) in [4.78, 5) is 15.5. The highest BCUT2D eigenvalue weighted by atomic mass is 32.2. The first kappa shape index (κ1) is 19.9. The van der Waals surface area contributed by atoms with E-state index in [9.17, 15) is 14.1 Å². The molecule has 0 bridgehead atoms. The lowest BCUT2D eigenvalue weighted by molar-refractivity contribution is 0.0594. The van der Waals surface area contributed by atoms with Crippen LogP contribution in [-0.4, -0.2) is 37.8 Å². The summed E-state index contributed by atoms with van der Waals surface area (Å²) in [5, 5.41) is 12.3. The molecule has 8 heteroatoms. The van der Waals surface area contributed by atoms with Crippen molar-refractivity contribution in [2.24, 2.45) is 10.3 Å². The zero-order valence-corrected chi connectivity index (χ0v) is 16.0. The number of carbonyl (C=O) groups excluding carboxylic acids is 1. The van der Waals surface area contributed by atoms with E-state index in [1.807, 2.05) is 34.6 Å². The fraction of sp³-hybridized carbons (Fsp3) is 0.667. The van der Waals surface area contributed by atoms with Gasteiger partial charge in [0.2, 0.25) is 0 Å². The van der Waals surface area contributed by atoms with Gasteiger partial charge < -0.3 is 9.84 Å². The highest BCUT2D eigenvalue weighted by Gasteiger charge is 2.23. The largest absolute Gasteiger partial charge is 0.464 e. The molecule has 0 spiro atoms. The molecule has 0 fully saturated rings. The number of thiazole rings is 1. The van der Waals surface area contributed by atoms with E-state index >= 15 is 0 Å². The highest BCUT2D eigenvalue weighted by Crippen LogP contribution is 2.24. The lowest BCUT2D eigenvalue weighted by atomic mass is 10.0. The van der Waals surface area contributed by atoms with E-state index in [1.54, 1.807) is 5.38 Å². The minimum absolute atomic E-state index is 0.0518. The number of aromatic nitrogens is 1. The van der Waals surface area contributed by atoms with Crippen LogP contribution in [0.25, 0.3) is 0 Å². The van der Waals surface area contributed by atoms with Crippen molar-refractivity contribution < 1.29 is 18.8 Å². The molecule has 1 rings (SSSR count). The molecule has 23 heavy (non-hydrogen) atoms.